The number of anilines is 1. The number of aryl methyl sites for hydroxylation is 1. The number of fused-ring (bicyclic) bond motifs is 1. The van der Waals surface area contributed by atoms with E-state index in [2.05, 4.69) is 5.32 Å². The Kier molecular flexibility index (Phi) is 7.14. The van der Waals surface area contributed by atoms with Crippen LogP contribution in [-0.4, -0.2) is 47.4 Å². The Morgan fingerprint density at radius 3 is 2.43 bits per heavy atom. The molecule has 2 aromatic rings. The number of nitrogens with zero attached hydrogens (tertiary/aromatic N) is 1. The standard InChI is InChI=1S/C26H28F3N3O3/c1-16-11-12-19(23(33)30-15-26(27,28)29)13-20(16)31-24(34)22-14-18-9-5-6-10-21(18)32(22)25(35)17-7-3-2-4-8-17/h2-4,7-8,11-13,18,21-22H,5-6,9-10,14-15H2,1H3,(H,30,33)(H,31,34). The van der Waals surface area contributed by atoms with Crippen molar-refractivity contribution >= 4 is 23.4 Å². The summed E-state index contributed by atoms with van der Waals surface area (Å²) in [5.74, 6) is -1.19. The summed E-state index contributed by atoms with van der Waals surface area (Å²) in [6.07, 6.45) is -0.0908. The Hall–Kier alpha value is -3.36. The van der Waals surface area contributed by atoms with E-state index in [0.717, 1.165) is 25.7 Å². The highest BCUT2D eigenvalue weighted by Gasteiger charge is 2.47. The van der Waals surface area contributed by atoms with Crippen molar-refractivity contribution < 1.29 is 27.6 Å². The number of carbonyl (C=O) groups is 3. The molecule has 1 heterocycles. The van der Waals surface area contributed by atoms with E-state index in [1.807, 2.05) is 11.4 Å². The number of halogens is 3. The van der Waals surface area contributed by atoms with Crippen LogP contribution in [0.25, 0.3) is 0 Å². The fourth-order valence-corrected chi connectivity index (χ4v) is 5.11. The van der Waals surface area contributed by atoms with Gasteiger partial charge in [0, 0.05) is 22.9 Å². The van der Waals surface area contributed by atoms with Gasteiger partial charge in [-0.15, -0.1) is 0 Å². The molecule has 2 N–H and O–H groups in total. The van der Waals surface area contributed by atoms with Crippen molar-refractivity contribution in [3.63, 3.8) is 0 Å². The van der Waals surface area contributed by atoms with Gasteiger partial charge in [0.1, 0.15) is 12.6 Å². The molecule has 0 bridgehead atoms. The lowest BCUT2D eigenvalue weighted by molar-refractivity contribution is -0.123. The minimum Gasteiger partial charge on any atom is -0.343 e. The zero-order valence-corrected chi connectivity index (χ0v) is 19.4. The molecule has 3 unspecified atom stereocenters. The zero-order chi connectivity index (χ0) is 25.2. The Morgan fingerprint density at radius 2 is 1.71 bits per heavy atom. The predicted octanol–water partition coefficient (Wildman–Crippen LogP) is 4.70. The fourth-order valence-electron chi connectivity index (χ4n) is 5.11. The number of rotatable bonds is 5. The van der Waals surface area contributed by atoms with E-state index in [4.69, 9.17) is 0 Å². The molecule has 1 aliphatic carbocycles. The molecule has 2 fully saturated rings. The third kappa shape index (κ3) is 5.66. The molecule has 0 spiro atoms. The lowest BCUT2D eigenvalue weighted by atomic mass is 9.84. The highest BCUT2D eigenvalue weighted by atomic mass is 19.4. The minimum absolute atomic E-state index is 0.00668. The first kappa shape index (κ1) is 24.8. The van der Waals surface area contributed by atoms with Gasteiger partial charge in [0.25, 0.3) is 11.8 Å². The summed E-state index contributed by atoms with van der Waals surface area (Å²) in [6, 6.07) is 12.5. The van der Waals surface area contributed by atoms with Crippen molar-refractivity contribution in [3.8, 4) is 0 Å². The summed E-state index contributed by atoms with van der Waals surface area (Å²) < 4.78 is 37.4. The zero-order valence-electron chi connectivity index (χ0n) is 19.4. The summed E-state index contributed by atoms with van der Waals surface area (Å²) in [5.41, 5.74) is 1.52. The molecule has 1 aliphatic heterocycles. The Labute approximate surface area is 201 Å². The predicted molar refractivity (Wildman–Crippen MR) is 125 cm³/mol. The van der Waals surface area contributed by atoms with Crippen LogP contribution in [0, 0.1) is 12.8 Å². The first-order valence-electron chi connectivity index (χ1n) is 11.8. The lowest BCUT2D eigenvalue weighted by Gasteiger charge is -2.33. The number of hydrogen-bond acceptors (Lipinski definition) is 3. The molecule has 3 atom stereocenters. The number of likely N-dealkylation sites (tertiary alicyclic amines) is 1. The fraction of sp³-hybridized carbons (Fsp3) is 0.423. The van der Waals surface area contributed by atoms with Crippen LogP contribution < -0.4 is 10.6 Å². The first-order valence-corrected chi connectivity index (χ1v) is 11.8. The molecule has 0 radical (unpaired) electrons. The Balaban J connectivity index is 1.55. The normalized spacial score (nSPS) is 21.8. The van der Waals surface area contributed by atoms with Crippen molar-refractivity contribution in [1.82, 2.24) is 10.2 Å². The maximum absolute atomic E-state index is 13.4. The minimum atomic E-state index is -4.52. The van der Waals surface area contributed by atoms with E-state index in [9.17, 15) is 27.6 Å². The van der Waals surface area contributed by atoms with Gasteiger partial charge in [0.05, 0.1) is 0 Å². The summed E-state index contributed by atoms with van der Waals surface area (Å²) in [5, 5.41) is 4.67. The Bertz CT molecular complexity index is 1100. The van der Waals surface area contributed by atoms with Crippen LogP contribution in [0.1, 0.15) is 58.4 Å². The van der Waals surface area contributed by atoms with Gasteiger partial charge in [-0.05, 0) is 61.9 Å². The SMILES string of the molecule is Cc1ccc(C(=O)NCC(F)(F)F)cc1NC(=O)C1CC2CCCCC2N1C(=O)c1ccccc1. The molecule has 186 valence electrons. The number of hydrogen-bond donors (Lipinski definition) is 2. The second-order valence-corrected chi connectivity index (χ2v) is 9.26. The van der Waals surface area contributed by atoms with Gasteiger partial charge in [-0.1, -0.05) is 37.1 Å². The van der Waals surface area contributed by atoms with Crippen LogP contribution in [0.15, 0.2) is 48.5 Å². The number of amides is 3. The number of carbonyl (C=O) groups excluding carboxylic acids is 3. The van der Waals surface area contributed by atoms with Gasteiger partial charge in [-0.2, -0.15) is 13.2 Å². The molecular formula is C26H28F3N3O3. The van der Waals surface area contributed by atoms with E-state index in [1.165, 1.54) is 12.1 Å². The highest BCUT2D eigenvalue weighted by molar-refractivity contribution is 6.03. The van der Waals surface area contributed by atoms with Crippen molar-refractivity contribution in [2.75, 3.05) is 11.9 Å². The molecule has 2 aromatic carbocycles. The molecule has 0 aromatic heterocycles. The summed E-state index contributed by atoms with van der Waals surface area (Å²) in [4.78, 5) is 40.8. The average molecular weight is 488 g/mol. The molecule has 4 rings (SSSR count). The number of benzene rings is 2. The molecule has 9 heteroatoms. The van der Waals surface area contributed by atoms with Gasteiger partial charge < -0.3 is 15.5 Å². The molecule has 1 saturated carbocycles. The smallest absolute Gasteiger partial charge is 0.343 e. The molecule has 1 saturated heterocycles. The van der Waals surface area contributed by atoms with Crippen molar-refractivity contribution in [1.29, 1.82) is 0 Å². The van der Waals surface area contributed by atoms with Crippen LogP contribution in [0.3, 0.4) is 0 Å². The van der Waals surface area contributed by atoms with Gasteiger partial charge in [0.15, 0.2) is 0 Å². The lowest BCUT2D eigenvalue weighted by Crippen LogP contribution is -2.47. The van der Waals surface area contributed by atoms with Crippen LogP contribution in [0.4, 0.5) is 18.9 Å². The highest BCUT2D eigenvalue weighted by Crippen LogP contribution is 2.41. The molecule has 2 aliphatic rings. The van der Waals surface area contributed by atoms with E-state index >= 15 is 0 Å². The van der Waals surface area contributed by atoms with E-state index < -0.39 is 24.7 Å². The Morgan fingerprint density at radius 1 is 1.00 bits per heavy atom. The van der Waals surface area contributed by atoms with Gasteiger partial charge in [-0.3, -0.25) is 14.4 Å². The third-order valence-electron chi connectivity index (χ3n) is 6.85. The summed E-state index contributed by atoms with van der Waals surface area (Å²) >= 11 is 0. The van der Waals surface area contributed by atoms with E-state index in [-0.39, 0.29) is 29.3 Å². The van der Waals surface area contributed by atoms with Crippen LogP contribution in [0.5, 0.6) is 0 Å². The third-order valence-corrected chi connectivity index (χ3v) is 6.85. The maximum atomic E-state index is 13.4. The second-order valence-electron chi connectivity index (χ2n) is 9.26. The molecule has 6 nitrogen and oxygen atoms in total. The van der Waals surface area contributed by atoms with E-state index in [1.54, 1.807) is 42.2 Å². The van der Waals surface area contributed by atoms with Crippen LogP contribution in [-0.2, 0) is 4.79 Å². The first-order chi connectivity index (χ1) is 16.6. The molecular weight excluding hydrogens is 459 g/mol. The summed E-state index contributed by atoms with van der Waals surface area (Å²) in [6.45, 7) is 0.289. The van der Waals surface area contributed by atoms with Crippen molar-refractivity contribution in [2.45, 2.75) is 57.3 Å². The largest absolute Gasteiger partial charge is 0.405 e. The summed E-state index contributed by atoms with van der Waals surface area (Å²) in [7, 11) is 0. The molecule has 35 heavy (non-hydrogen) atoms. The topological polar surface area (TPSA) is 78.5 Å². The van der Waals surface area contributed by atoms with E-state index in [0.29, 0.717) is 23.2 Å². The number of alkyl halides is 3. The van der Waals surface area contributed by atoms with Crippen LogP contribution >= 0.6 is 0 Å². The second kappa shape index (κ2) is 10.1. The molecule has 3 amide bonds. The average Bonchev–Trinajstić information content (AvgIpc) is 3.23. The van der Waals surface area contributed by atoms with Crippen LogP contribution in [0.2, 0.25) is 0 Å². The van der Waals surface area contributed by atoms with Crippen molar-refractivity contribution in [3.05, 3.63) is 65.2 Å². The van der Waals surface area contributed by atoms with Gasteiger partial charge >= 0.3 is 6.18 Å². The quantitative estimate of drug-likeness (QED) is 0.642. The maximum Gasteiger partial charge on any atom is 0.405 e. The monoisotopic (exact) mass is 487 g/mol. The van der Waals surface area contributed by atoms with Gasteiger partial charge in [0.2, 0.25) is 5.91 Å². The van der Waals surface area contributed by atoms with Gasteiger partial charge in [-0.25, -0.2) is 0 Å². The number of nitrogens with one attached hydrogen (secondary N) is 2. The van der Waals surface area contributed by atoms with Crippen molar-refractivity contribution in [2.24, 2.45) is 5.92 Å².